The molecule has 104 heavy (non-hydrogen) atoms. The van der Waals surface area contributed by atoms with E-state index in [1.807, 2.05) is 0 Å². The molecule has 2 heteroatoms. The SMILES string of the molecule is c1ccc(-c2cc(-c3ccccc3)cc(-n3c4ccccc4c4cc(-c5ccc6c(c5)-c5ccccc5C65C6CC7CC(C6)CC5C7)ccc43)c2)cc1.c1ccc2c(c1)-c1cc(-c3ccc4c(c3)c3ccccc3n4-c3ccc(-c4ccc5ccccc5c4)cc3)ccc1C21C2CC3CC(C2)CC1C3. The van der Waals surface area contributed by atoms with Gasteiger partial charge in [-0.25, -0.2) is 0 Å². The molecule has 2 nitrogen and oxygen atoms in total. The number of fused-ring (bicyclic) bond motifs is 13. The monoisotopic (exact) mass is 1330 g/mol. The highest BCUT2D eigenvalue weighted by atomic mass is 15.0. The Morgan fingerprint density at radius 3 is 1.06 bits per heavy atom. The first-order valence-corrected chi connectivity index (χ1v) is 38.9. The molecule has 2 aromatic heterocycles. The van der Waals surface area contributed by atoms with E-state index in [4.69, 9.17) is 0 Å². The average molecular weight is 1330 g/mol. The van der Waals surface area contributed by atoms with Crippen LogP contribution in [0.4, 0.5) is 0 Å². The summed E-state index contributed by atoms with van der Waals surface area (Å²) in [5.41, 5.74) is 32.8. The highest BCUT2D eigenvalue weighted by Gasteiger charge is 2.63. The van der Waals surface area contributed by atoms with Gasteiger partial charge < -0.3 is 9.13 Å². The van der Waals surface area contributed by atoms with Crippen molar-refractivity contribution >= 4 is 54.4 Å². The van der Waals surface area contributed by atoms with Crippen molar-refractivity contribution in [3.63, 3.8) is 0 Å². The van der Waals surface area contributed by atoms with E-state index >= 15 is 0 Å². The zero-order valence-electron chi connectivity index (χ0n) is 58.6. The highest BCUT2D eigenvalue weighted by Crippen LogP contribution is 2.71. The Morgan fingerprint density at radius 2 is 0.558 bits per heavy atom. The molecule has 0 N–H and O–H groups in total. The lowest BCUT2D eigenvalue weighted by Crippen LogP contribution is -2.55. The lowest BCUT2D eigenvalue weighted by Gasteiger charge is -2.61. The van der Waals surface area contributed by atoms with Crippen LogP contribution in [0.5, 0.6) is 0 Å². The molecule has 2 heterocycles. The molecule has 10 aliphatic carbocycles. The second-order valence-corrected chi connectivity index (χ2v) is 32.7. The Labute approximate surface area is 609 Å². The molecule has 0 saturated heterocycles. The minimum Gasteiger partial charge on any atom is -0.309 e. The molecule has 16 aromatic rings. The van der Waals surface area contributed by atoms with Crippen LogP contribution in [0, 0.1) is 47.3 Å². The van der Waals surface area contributed by atoms with Crippen molar-refractivity contribution in [2.75, 3.05) is 0 Å². The van der Waals surface area contributed by atoms with Crippen molar-refractivity contribution in [3.8, 4) is 89.3 Å². The van der Waals surface area contributed by atoms with E-state index in [9.17, 15) is 0 Å². The summed E-state index contributed by atoms with van der Waals surface area (Å²) in [5.74, 6) is 7.01. The molecular formula is C102H80N2. The van der Waals surface area contributed by atoms with Gasteiger partial charge in [0, 0.05) is 43.7 Å². The molecule has 0 unspecified atom stereocenters. The number of rotatable bonds is 7. The van der Waals surface area contributed by atoms with E-state index in [2.05, 4.69) is 325 Å². The summed E-state index contributed by atoms with van der Waals surface area (Å²) in [6.07, 6.45) is 14.4. The minimum absolute atomic E-state index is 0.210. The first kappa shape index (κ1) is 59.5. The highest BCUT2D eigenvalue weighted by molar-refractivity contribution is 6.12. The lowest BCUT2D eigenvalue weighted by molar-refractivity contribution is -0.0399. The third-order valence-corrected chi connectivity index (χ3v) is 27.7. The summed E-state index contributed by atoms with van der Waals surface area (Å²) in [6, 6.07) is 119. The first-order valence-electron chi connectivity index (χ1n) is 38.9. The van der Waals surface area contributed by atoms with Crippen molar-refractivity contribution in [2.45, 2.75) is 75.0 Å². The fraction of sp³-hybridized carbons (Fsp3) is 0.196. The molecule has 8 bridgehead atoms. The van der Waals surface area contributed by atoms with Crippen LogP contribution in [0.15, 0.2) is 315 Å². The third kappa shape index (κ3) is 8.69. The Kier molecular flexibility index (Phi) is 13.0. The molecule has 10 aliphatic rings. The Hall–Kier alpha value is -11.1. The molecule has 2 spiro atoms. The number of hydrogen-bond donors (Lipinski definition) is 0. The van der Waals surface area contributed by atoms with Gasteiger partial charge in [-0.1, -0.05) is 231 Å². The predicted molar refractivity (Wildman–Crippen MR) is 433 cm³/mol. The van der Waals surface area contributed by atoms with Gasteiger partial charge in [-0.05, 0) is 307 Å². The third-order valence-electron chi connectivity index (χ3n) is 27.7. The molecule has 0 aliphatic heterocycles. The number of nitrogens with zero attached hydrogens (tertiary/aromatic N) is 2. The Balaban J connectivity index is 0.000000127. The van der Waals surface area contributed by atoms with Crippen LogP contribution >= 0.6 is 0 Å². The number of aromatic nitrogens is 2. The smallest absolute Gasteiger partial charge is 0.0541 e. The summed E-state index contributed by atoms with van der Waals surface area (Å²) < 4.78 is 4.91. The van der Waals surface area contributed by atoms with E-state index in [1.165, 1.54) is 208 Å². The number of benzene rings is 14. The summed E-state index contributed by atoms with van der Waals surface area (Å²) in [5, 5.41) is 7.74. The van der Waals surface area contributed by atoms with Gasteiger partial charge in [-0.2, -0.15) is 0 Å². The second kappa shape index (κ2) is 22.7. The molecule has 0 radical (unpaired) electrons. The molecule has 498 valence electrons. The van der Waals surface area contributed by atoms with Crippen LogP contribution in [-0.2, 0) is 10.8 Å². The van der Waals surface area contributed by atoms with Crippen molar-refractivity contribution in [1.29, 1.82) is 0 Å². The maximum absolute atomic E-state index is 2.56. The fourth-order valence-electron chi connectivity index (χ4n) is 24.0. The second-order valence-electron chi connectivity index (χ2n) is 32.7. The molecule has 8 saturated carbocycles. The average Bonchev–Trinajstić information content (AvgIpc) is 1.50. The Bertz CT molecular complexity index is 6080. The van der Waals surface area contributed by atoms with E-state index in [0.29, 0.717) is 0 Å². The van der Waals surface area contributed by atoms with Crippen LogP contribution in [0.3, 0.4) is 0 Å². The van der Waals surface area contributed by atoms with Gasteiger partial charge in [0.25, 0.3) is 0 Å². The molecular weight excluding hydrogens is 1250 g/mol. The molecule has 14 aromatic carbocycles. The van der Waals surface area contributed by atoms with E-state index in [-0.39, 0.29) is 10.8 Å². The normalized spacial score (nSPS) is 23.8. The van der Waals surface area contributed by atoms with Crippen LogP contribution in [0.25, 0.3) is 144 Å². The zero-order valence-corrected chi connectivity index (χ0v) is 58.6. The fourth-order valence-corrected chi connectivity index (χ4v) is 24.0. The van der Waals surface area contributed by atoms with Gasteiger partial charge in [0.2, 0.25) is 0 Å². The summed E-state index contributed by atoms with van der Waals surface area (Å²) in [6.45, 7) is 0. The van der Waals surface area contributed by atoms with Crippen molar-refractivity contribution in [1.82, 2.24) is 9.13 Å². The summed E-state index contributed by atoms with van der Waals surface area (Å²) in [7, 11) is 0. The van der Waals surface area contributed by atoms with E-state index in [0.717, 1.165) is 47.3 Å². The van der Waals surface area contributed by atoms with Crippen molar-refractivity contribution in [2.24, 2.45) is 47.3 Å². The Morgan fingerprint density at radius 1 is 0.202 bits per heavy atom. The van der Waals surface area contributed by atoms with E-state index in [1.54, 1.807) is 22.3 Å². The van der Waals surface area contributed by atoms with Crippen molar-refractivity contribution < 1.29 is 0 Å². The maximum Gasteiger partial charge on any atom is 0.0541 e. The van der Waals surface area contributed by atoms with Gasteiger partial charge in [-0.15, -0.1) is 0 Å². The van der Waals surface area contributed by atoms with Crippen molar-refractivity contribution in [3.05, 3.63) is 338 Å². The van der Waals surface area contributed by atoms with Gasteiger partial charge in [0.1, 0.15) is 0 Å². The lowest BCUT2D eigenvalue weighted by atomic mass is 9.43. The van der Waals surface area contributed by atoms with E-state index < -0.39 is 0 Å². The van der Waals surface area contributed by atoms with Gasteiger partial charge in [-0.3, -0.25) is 0 Å². The number of hydrogen-bond acceptors (Lipinski definition) is 0. The van der Waals surface area contributed by atoms with Crippen LogP contribution in [-0.4, -0.2) is 9.13 Å². The topological polar surface area (TPSA) is 9.86 Å². The predicted octanol–water partition coefficient (Wildman–Crippen LogP) is 26.5. The largest absolute Gasteiger partial charge is 0.309 e. The van der Waals surface area contributed by atoms with Crippen LogP contribution in [0.1, 0.15) is 86.5 Å². The molecule has 0 atom stereocenters. The van der Waals surface area contributed by atoms with Crippen LogP contribution in [0.2, 0.25) is 0 Å². The first-order chi connectivity index (χ1) is 51.4. The zero-order chi connectivity index (χ0) is 67.9. The maximum atomic E-state index is 2.56. The molecule has 0 amide bonds. The summed E-state index contributed by atoms with van der Waals surface area (Å²) >= 11 is 0. The van der Waals surface area contributed by atoms with Crippen LogP contribution < -0.4 is 0 Å². The van der Waals surface area contributed by atoms with Gasteiger partial charge >= 0.3 is 0 Å². The number of para-hydroxylation sites is 2. The summed E-state index contributed by atoms with van der Waals surface area (Å²) in [4.78, 5) is 0. The van der Waals surface area contributed by atoms with Gasteiger partial charge in [0.05, 0.1) is 22.1 Å². The molecule has 26 rings (SSSR count). The minimum atomic E-state index is 0.210. The van der Waals surface area contributed by atoms with Gasteiger partial charge in [0.15, 0.2) is 0 Å². The quantitative estimate of drug-likeness (QED) is 0.151. The molecule has 8 fully saturated rings. The standard InChI is InChI=1S/C52H41N.C50H39N/c1-3-11-35(12-4-1)39-28-40(36-13-5-2-6-14-36)30-43(29-39)53-50-18-10-8-16-45(50)47-32-38(20-22-51(47)53)37-19-21-49-46(31-37)44-15-7-9-17-48(44)52(49)41-24-33-23-34(26-41)27-42(52)25-33;1-2-8-35-28-36(14-13-33(35)7-1)34-15-19-41(20-16-34)51-48-12-6-4-10-43(48)45-30-38(18-22-49(45)51)37-17-21-47-44(29-37)42-9-3-5-11-46(42)50(47)39-24-31-23-32(26-39)27-40(50)25-31/h1-22,28-34,41-42H,23-27H2;1-22,28-32,39-40H,23-27H2.